The van der Waals surface area contributed by atoms with Crippen LogP contribution >= 0.6 is 0 Å². The minimum atomic E-state index is -0.232. The number of nitrogens with zero attached hydrogens (tertiary/aromatic N) is 1. The Hall–Kier alpha value is -3.60. The van der Waals surface area contributed by atoms with Gasteiger partial charge in [-0.2, -0.15) is 0 Å². The van der Waals surface area contributed by atoms with Gasteiger partial charge in [0.25, 0.3) is 11.8 Å². The highest BCUT2D eigenvalue weighted by molar-refractivity contribution is 6.11. The molecule has 0 saturated heterocycles. The van der Waals surface area contributed by atoms with Crippen molar-refractivity contribution >= 4 is 23.2 Å². The second-order valence-corrected chi connectivity index (χ2v) is 6.96. The van der Waals surface area contributed by atoms with E-state index in [9.17, 15) is 9.59 Å². The monoisotopic (exact) mass is 371 g/mol. The molecule has 5 nitrogen and oxygen atoms in total. The Bertz CT molecular complexity index is 1060. The molecule has 0 saturated carbocycles. The maximum atomic E-state index is 12.5. The van der Waals surface area contributed by atoms with Gasteiger partial charge < -0.3 is 15.5 Å². The second kappa shape index (κ2) is 7.19. The molecule has 1 heterocycles. The molecule has 3 aromatic rings. The van der Waals surface area contributed by atoms with E-state index in [0.29, 0.717) is 23.4 Å². The lowest BCUT2D eigenvalue weighted by Crippen LogP contribution is -2.17. The molecule has 0 radical (unpaired) electrons. The summed E-state index contributed by atoms with van der Waals surface area (Å²) in [5, 5.41) is 5.77. The van der Waals surface area contributed by atoms with Gasteiger partial charge in [-0.15, -0.1) is 0 Å². The van der Waals surface area contributed by atoms with Crippen LogP contribution in [0.5, 0.6) is 0 Å². The van der Waals surface area contributed by atoms with Crippen LogP contribution in [-0.2, 0) is 6.54 Å². The summed E-state index contributed by atoms with van der Waals surface area (Å²) in [6, 6.07) is 20.9. The number of anilines is 2. The maximum Gasteiger partial charge on any atom is 0.255 e. The van der Waals surface area contributed by atoms with Gasteiger partial charge in [0.1, 0.15) is 0 Å². The van der Waals surface area contributed by atoms with E-state index in [1.54, 1.807) is 12.1 Å². The number of amides is 2. The first-order valence-electron chi connectivity index (χ1n) is 9.13. The number of hydrogen-bond donors (Lipinski definition) is 2. The fraction of sp³-hybridized carbons (Fsp3) is 0.130. The Morgan fingerprint density at radius 1 is 1.00 bits per heavy atom. The Labute approximate surface area is 164 Å². The number of nitrogens with one attached hydrogen (secondary N) is 2. The zero-order valence-corrected chi connectivity index (χ0v) is 15.8. The fourth-order valence-electron chi connectivity index (χ4n) is 3.46. The third-order valence-electron chi connectivity index (χ3n) is 4.92. The summed E-state index contributed by atoms with van der Waals surface area (Å²) in [6.45, 7) is 0.449. The number of carbonyl (C=O) groups excluding carboxylic acids is 2. The molecule has 4 rings (SSSR count). The van der Waals surface area contributed by atoms with E-state index >= 15 is 0 Å². The van der Waals surface area contributed by atoms with Gasteiger partial charge in [0.2, 0.25) is 0 Å². The molecule has 0 aromatic heterocycles. The predicted octanol–water partition coefficient (Wildman–Crippen LogP) is 3.92. The lowest BCUT2D eigenvalue weighted by atomic mass is 9.95. The first-order chi connectivity index (χ1) is 13.5. The number of rotatable bonds is 4. The summed E-state index contributed by atoms with van der Waals surface area (Å²) < 4.78 is 0. The smallest absolute Gasteiger partial charge is 0.255 e. The van der Waals surface area contributed by atoms with Crippen LogP contribution in [0.2, 0.25) is 0 Å². The Balaban J connectivity index is 1.74. The predicted molar refractivity (Wildman–Crippen MR) is 112 cm³/mol. The van der Waals surface area contributed by atoms with Gasteiger partial charge in [0.05, 0.1) is 11.3 Å². The fourth-order valence-corrected chi connectivity index (χ4v) is 3.46. The molecular formula is C23H21N3O2. The molecule has 0 unspecified atom stereocenters. The molecular weight excluding hydrogens is 350 g/mol. The number of benzene rings is 3. The van der Waals surface area contributed by atoms with Crippen LogP contribution < -0.4 is 15.5 Å². The summed E-state index contributed by atoms with van der Waals surface area (Å²) in [7, 11) is 3.99. The Morgan fingerprint density at radius 2 is 1.79 bits per heavy atom. The molecule has 0 atom stereocenters. The van der Waals surface area contributed by atoms with Crippen molar-refractivity contribution < 1.29 is 9.59 Å². The largest absolute Gasteiger partial charge is 0.378 e. The van der Waals surface area contributed by atoms with Crippen LogP contribution in [-0.4, -0.2) is 25.9 Å². The van der Waals surface area contributed by atoms with E-state index in [4.69, 9.17) is 0 Å². The van der Waals surface area contributed by atoms with Gasteiger partial charge in [-0.05, 0) is 47.0 Å². The van der Waals surface area contributed by atoms with Crippen LogP contribution in [0.3, 0.4) is 0 Å². The third kappa shape index (κ3) is 3.22. The zero-order valence-electron chi connectivity index (χ0n) is 15.8. The normalized spacial score (nSPS) is 12.3. The van der Waals surface area contributed by atoms with Crippen molar-refractivity contribution in [3.05, 3.63) is 83.4 Å². The highest BCUT2D eigenvalue weighted by Crippen LogP contribution is 2.35. The van der Waals surface area contributed by atoms with Gasteiger partial charge >= 0.3 is 0 Å². The van der Waals surface area contributed by atoms with Gasteiger partial charge in [-0.1, -0.05) is 36.4 Å². The summed E-state index contributed by atoms with van der Waals surface area (Å²) in [6.07, 6.45) is 0. The van der Waals surface area contributed by atoms with E-state index < -0.39 is 0 Å². The molecule has 140 valence electrons. The molecule has 2 amide bonds. The van der Waals surface area contributed by atoms with Crippen LogP contribution in [0.25, 0.3) is 11.1 Å². The lowest BCUT2D eigenvalue weighted by Gasteiger charge is -2.16. The molecule has 0 bridgehead atoms. The minimum Gasteiger partial charge on any atom is -0.378 e. The number of hydrogen-bond acceptors (Lipinski definition) is 3. The highest BCUT2D eigenvalue weighted by Gasteiger charge is 2.27. The summed E-state index contributed by atoms with van der Waals surface area (Å²) >= 11 is 0. The minimum absolute atomic E-state index is 0.163. The standard InChI is InChI=1S/C23H21N3O2/c1-26(2)17-10-6-9-16(13-17)18-11-12-20(21-19(18)14-24-23(21)28)25-22(27)15-7-4-3-5-8-15/h3-13H,14H2,1-2H3,(H,24,28)(H,25,27). The maximum absolute atomic E-state index is 12.5. The summed E-state index contributed by atoms with van der Waals surface area (Å²) in [5.41, 5.74) is 5.66. The average Bonchev–Trinajstić information content (AvgIpc) is 3.11. The van der Waals surface area contributed by atoms with Crippen LogP contribution in [0.1, 0.15) is 26.3 Å². The molecule has 0 fully saturated rings. The van der Waals surface area contributed by atoms with E-state index in [0.717, 1.165) is 22.4 Å². The molecule has 28 heavy (non-hydrogen) atoms. The van der Waals surface area contributed by atoms with Crippen molar-refractivity contribution in [1.82, 2.24) is 5.32 Å². The van der Waals surface area contributed by atoms with Crippen molar-refractivity contribution in [3.63, 3.8) is 0 Å². The summed E-state index contributed by atoms with van der Waals surface area (Å²) in [5.74, 6) is -0.395. The van der Waals surface area contributed by atoms with Crippen molar-refractivity contribution in [2.24, 2.45) is 0 Å². The second-order valence-electron chi connectivity index (χ2n) is 6.96. The van der Waals surface area contributed by atoms with Crippen LogP contribution in [0.15, 0.2) is 66.7 Å². The first-order valence-corrected chi connectivity index (χ1v) is 9.13. The molecule has 3 aromatic carbocycles. The Kier molecular flexibility index (Phi) is 4.57. The summed E-state index contributed by atoms with van der Waals surface area (Å²) in [4.78, 5) is 27.1. The van der Waals surface area contributed by atoms with Crippen LogP contribution in [0.4, 0.5) is 11.4 Å². The molecule has 2 N–H and O–H groups in total. The van der Waals surface area contributed by atoms with Crippen molar-refractivity contribution in [2.75, 3.05) is 24.3 Å². The molecule has 5 heteroatoms. The van der Waals surface area contributed by atoms with Crippen molar-refractivity contribution in [2.45, 2.75) is 6.54 Å². The molecule has 0 spiro atoms. The van der Waals surface area contributed by atoms with E-state index in [2.05, 4.69) is 16.7 Å². The van der Waals surface area contributed by atoms with Gasteiger partial charge in [-0.3, -0.25) is 9.59 Å². The van der Waals surface area contributed by atoms with E-state index in [1.165, 1.54) is 0 Å². The van der Waals surface area contributed by atoms with Crippen LogP contribution in [0, 0.1) is 0 Å². The zero-order chi connectivity index (χ0) is 19.7. The third-order valence-corrected chi connectivity index (χ3v) is 4.92. The lowest BCUT2D eigenvalue weighted by molar-refractivity contribution is 0.0966. The molecule has 1 aliphatic rings. The molecule has 1 aliphatic heterocycles. The van der Waals surface area contributed by atoms with E-state index in [1.807, 2.05) is 67.5 Å². The van der Waals surface area contributed by atoms with Gasteiger partial charge in [0, 0.05) is 31.9 Å². The topological polar surface area (TPSA) is 61.4 Å². The number of carbonyl (C=O) groups is 2. The van der Waals surface area contributed by atoms with Gasteiger partial charge in [0.15, 0.2) is 0 Å². The Morgan fingerprint density at radius 3 is 2.54 bits per heavy atom. The first kappa shape index (κ1) is 17.8. The SMILES string of the molecule is CN(C)c1cccc(-c2ccc(NC(=O)c3ccccc3)c3c2CNC3=O)c1. The number of fused-ring (bicyclic) bond motifs is 1. The van der Waals surface area contributed by atoms with Crippen molar-refractivity contribution in [3.8, 4) is 11.1 Å². The molecule has 0 aliphatic carbocycles. The highest BCUT2D eigenvalue weighted by atomic mass is 16.2. The average molecular weight is 371 g/mol. The quantitative estimate of drug-likeness (QED) is 0.731. The van der Waals surface area contributed by atoms with Gasteiger partial charge in [-0.25, -0.2) is 0 Å². The van der Waals surface area contributed by atoms with Crippen molar-refractivity contribution in [1.29, 1.82) is 0 Å². The van der Waals surface area contributed by atoms with E-state index in [-0.39, 0.29) is 11.8 Å².